The van der Waals surface area contributed by atoms with E-state index in [1.165, 1.54) is 0 Å². The highest BCUT2D eigenvalue weighted by molar-refractivity contribution is 8.16. The second-order valence-electron chi connectivity index (χ2n) is 13.5. The van der Waals surface area contributed by atoms with E-state index in [2.05, 4.69) is 75.4 Å². The van der Waals surface area contributed by atoms with Crippen LogP contribution >= 0.6 is 23.5 Å². The Hall–Kier alpha value is 0.154. The number of aliphatic imine (C=N–C) groups is 1. The van der Waals surface area contributed by atoms with Crippen molar-refractivity contribution < 1.29 is 22.8 Å². The Morgan fingerprint density at radius 2 is 1.71 bits per heavy atom. The van der Waals surface area contributed by atoms with E-state index in [1.54, 1.807) is 11.8 Å². The van der Waals surface area contributed by atoms with Crippen LogP contribution in [0.5, 0.6) is 0 Å². The van der Waals surface area contributed by atoms with Crippen molar-refractivity contribution in [2.45, 2.75) is 126 Å². The van der Waals surface area contributed by atoms with Gasteiger partial charge in [0.2, 0.25) is 0 Å². The number of thioether (sulfide) groups is 2. The first-order valence-electron chi connectivity index (χ1n) is 12.9. The Kier molecular flexibility index (Phi) is 8.52. The predicted molar refractivity (Wildman–Crippen MR) is 154 cm³/mol. The molecule has 202 valence electrons. The van der Waals surface area contributed by atoms with Gasteiger partial charge in [0.05, 0.1) is 41.0 Å². The Morgan fingerprint density at radius 1 is 1.11 bits per heavy atom. The van der Waals surface area contributed by atoms with Crippen molar-refractivity contribution in [3.8, 4) is 0 Å². The number of carbonyl (C=O) groups excluding carboxylic acids is 1. The van der Waals surface area contributed by atoms with E-state index in [0.29, 0.717) is 19.0 Å². The summed E-state index contributed by atoms with van der Waals surface area (Å²) in [5, 5.41) is 1.12. The number of carbonyl (C=O) groups is 1. The highest BCUT2D eigenvalue weighted by atomic mass is 32.2. The molecule has 35 heavy (non-hydrogen) atoms. The van der Waals surface area contributed by atoms with E-state index in [9.17, 15) is 4.79 Å². The Morgan fingerprint density at radius 3 is 2.23 bits per heavy atom. The fourth-order valence-corrected chi connectivity index (χ4v) is 14.5. The first-order chi connectivity index (χ1) is 15.8. The normalized spacial score (nSPS) is 31.8. The van der Waals surface area contributed by atoms with Crippen LogP contribution in [0.2, 0.25) is 28.2 Å². The predicted octanol–water partition coefficient (Wildman–Crippen LogP) is 6.40. The lowest BCUT2D eigenvalue weighted by Gasteiger charge is -2.54. The zero-order chi connectivity index (χ0) is 26.6. The van der Waals surface area contributed by atoms with Crippen molar-refractivity contribution >= 4 is 51.4 Å². The number of esters is 1. The van der Waals surface area contributed by atoms with Gasteiger partial charge in [-0.25, -0.2) is 4.79 Å². The van der Waals surface area contributed by atoms with Crippen molar-refractivity contribution in [3.63, 3.8) is 0 Å². The van der Waals surface area contributed by atoms with E-state index < -0.39 is 22.9 Å². The van der Waals surface area contributed by atoms with Gasteiger partial charge in [0.1, 0.15) is 0 Å². The molecule has 10 heteroatoms. The number of hydrogen-bond donors (Lipinski definition) is 0. The standard InChI is InChI=1S/C25H47NO5S2Si2/c1-13-28-22(27)16-15-32-21(26-16)20-19(30-34(11,12)23(2,3)4)18-17(33-20)14-29-35(31-18,24(5,6)7)25(8,9)10/h16-20H,13-15H2,1-12H3/t16?,17-,18-,19-,20-/m1/s1. The molecule has 3 heterocycles. The minimum absolute atomic E-state index is 0.0388. The quantitative estimate of drug-likeness (QED) is 0.284. The maximum atomic E-state index is 12.4. The number of ether oxygens (including phenoxy) is 1. The van der Waals surface area contributed by atoms with Gasteiger partial charge in [0.25, 0.3) is 0 Å². The van der Waals surface area contributed by atoms with Gasteiger partial charge in [0.15, 0.2) is 14.4 Å². The summed E-state index contributed by atoms with van der Waals surface area (Å²) in [5.41, 5.74) is 0. The number of nitrogens with zero attached hydrogens (tertiary/aromatic N) is 1. The molecular weight excluding hydrogens is 515 g/mol. The van der Waals surface area contributed by atoms with Crippen molar-refractivity contribution in [1.29, 1.82) is 0 Å². The summed E-state index contributed by atoms with van der Waals surface area (Å²) < 4.78 is 26.5. The third kappa shape index (κ3) is 5.64. The second-order valence-corrected chi connectivity index (χ2v) is 25.4. The van der Waals surface area contributed by atoms with Gasteiger partial charge in [-0.15, -0.1) is 23.5 Å². The Bertz CT molecular complexity index is 817. The van der Waals surface area contributed by atoms with Gasteiger partial charge < -0.3 is 18.0 Å². The lowest BCUT2D eigenvalue weighted by molar-refractivity contribution is -0.143. The highest BCUT2D eigenvalue weighted by Gasteiger charge is 2.65. The lowest BCUT2D eigenvalue weighted by atomic mass is 10.1. The molecule has 3 aliphatic heterocycles. The molecular formula is C25H47NO5S2Si2. The van der Waals surface area contributed by atoms with Crippen LogP contribution in [0, 0.1) is 0 Å². The molecule has 3 rings (SSSR count). The van der Waals surface area contributed by atoms with Gasteiger partial charge in [-0.1, -0.05) is 62.3 Å². The fourth-order valence-electron chi connectivity index (χ4n) is 5.09. The number of rotatable bonds is 5. The van der Waals surface area contributed by atoms with Crippen LogP contribution in [0.1, 0.15) is 69.2 Å². The molecule has 2 fully saturated rings. The third-order valence-electron chi connectivity index (χ3n) is 7.75. The molecule has 0 amide bonds. The van der Waals surface area contributed by atoms with Crippen LogP contribution in [-0.2, 0) is 22.8 Å². The minimum atomic E-state index is -2.64. The maximum Gasteiger partial charge on any atom is 0.349 e. The van der Waals surface area contributed by atoms with Crippen LogP contribution in [0.25, 0.3) is 0 Å². The average molecular weight is 562 g/mol. The summed E-state index contributed by atoms with van der Waals surface area (Å²) in [4.78, 5) is 17.2. The van der Waals surface area contributed by atoms with E-state index >= 15 is 0 Å². The first kappa shape index (κ1) is 29.7. The van der Waals surface area contributed by atoms with Gasteiger partial charge in [-0.2, -0.15) is 0 Å². The Balaban J connectivity index is 2.00. The van der Waals surface area contributed by atoms with Crippen molar-refractivity contribution in [2.24, 2.45) is 4.99 Å². The maximum absolute atomic E-state index is 12.4. The van der Waals surface area contributed by atoms with Gasteiger partial charge >= 0.3 is 14.5 Å². The summed E-state index contributed by atoms with van der Waals surface area (Å²) in [7, 11) is -4.75. The van der Waals surface area contributed by atoms with E-state index in [4.69, 9.17) is 23.0 Å². The minimum Gasteiger partial charge on any atom is -0.464 e. The Labute approximate surface area is 223 Å². The van der Waals surface area contributed by atoms with Crippen LogP contribution in [-0.4, -0.2) is 75.6 Å². The van der Waals surface area contributed by atoms with E-state index in [-0.39, 0.29) is 43.8 Å². The van der Waals surface area contributed by atoms with Crippen LogP contribution in [0.3, 0.4) is 0 Å². The average Bonchev–Trinajstić information content (AvgIpc) is 3.30. The van der Waals surface area contributed by atoms with Gasteiger partial charge in [-0.3, -0.25) is 4.99 Å². The summed E-state index contributed by atoms with van der Waals surface area (Å²) >= 11 is 3.54. The summed E-state index contributed by atoms with van der Waals surface area (Å²) in [6, 6.07) is -0.429. The fraction of sp³-hybridized carbons (Fsp3) is 0.920. The summed E-state index contributed by atoms with van der Waals surface area (Å²) in [6.07, 6.45) is -0.165. The van der Waals surface area contributed by atoms with Crippen molar-refractivity contribution in [1.82, 2.24) is 0 Å². The molecule has 0 bridgehead atoms. The van der Waals surface area contributed by atoms with Gasteiger partial charge in [-0.05, 0) is 25.1 Å². The highest BCUT2D eigenvalue weighted by Crippen LogP contribution is 2.58. The molecule has 0 aromatic rings. The molecule has 6 nitrogen and oxygen atoms in total. The topological polar surface area (TPSA) is 66.4 Å². The van der Waals surface area contributed by atoms with Gasteiger partial charge in [0, 0.05) is 15.8 Å². The summed E-state index contributed by atoms with van der Waals surface area (Å²) in [5.74, 6) is 0.400. The molecule has 0 saturated carbocycles. The van der Waals surface area contributed by atoms with E-state index in [0.717, 1.165) is 5.04 Å². The molecule has 5 atom stereocenters. The monoisotopic (exact) mass is 561 g/mol. The molecule has 0 aromatic carbocycles. The molecule has 3 aliphatic rings. The van der Waals surface area contributed by atoms with Crippen LogP contribution < -0.4 is 0 Å². The van der Waals surface area contributed by atoms with Crippen molar-refractivity contribution in [3.05, 3.63) is 0 Å². The molecule has 1 unspecified atom stereocenters. The molecule has 2 saturated heterocycles. The molecule has 0 radical (unpaired) electrons. The summed E-state index contributed by atoms with van der Waals surface area (Å²) in [6.45, 7) is 27.9. The van der Waals surface area contributed by atoms with Crippen LogP contribution in [0.15, 0.2) is 4.99 Å². The number of fused-ring (bicyclic) bond motifs is 1. The molecule has 0 aliphatic carbocycles. The second kappa shape index (κ2) is 10.0. The third-order valence-corrected chi connectivity index (χ3v) is 20.2. The zero-order valence-electron chi connectivity index (χ0n) is 23.8. The largest absolute Gasteiger partial charge is 0.464 e. The van der Waals surface area contributed by atoms with Crippen molar-refractivity contribution in [2.75, 3.05) is 19.0 Å². The SMILES string of the molecule is CCOC(=O)C1CSC([C@@H]2S[C@@H]3CO[Si](C(C)(C)C)(C(C)(C)C)O[C@H]3[C@H]2O[Si](C)(C)C(C)(C)C)=N1. The van der Waals surface area contributed by atoms with Crippen LogP contribution in [0.4, 0.5) is 0 Å². The molecule has 0 N–H and O–H groups in total. The molecule has 0 spiro atoms. The first-order valence-corrected chi connectivity index (χ1v) is 19.5. The van der Waals surface area contributed by atoms with E-state index in [1.807, 2.05) is 18.7 Å². The smallest absolute Gasteiger partial charge is 0.349 e. The molecule has 0 aromatic heterocycles. The zero-order valence-corrected chi connectivity index (χ0v) is 27.4. The number of hydrogen-bond acceptors (Lipinski definition) is 8. The lowest BCUT2D eigenvalue weighted by Crippen LogP contribution is -2.66.